The summed E-state index contributed by atoms with van der Waals surface area (Å²) >= 11 is 3.52. The quantitative estimate of drug-likeness (QED) is 0.882. The molecule has 0 heterocycles. The molecule has 1 aliphatic carbocycles. The molecule has 3 heteroatoms. The van der Waals surface area contributed by atoms with Crippen LogP contribution in [0.15, 0.2) is 22.7 Å². The fourth-order valence-corrected chi connectivity index (χ4v) is 2.98. The Bertz CT molecular complexity index is 460. The Kier molecular flexibility index (Phi) is 3.44. The second-order valence-electron chi connectivity index (χ2n) is 5.38. The van der Waals surface area contributed by atoms with Gasteiger partial charge in [0.25, 0.3) is 0 Å². The van der Waals surface area contributed by atoms with Gasteiger partial charge in [0.15, 0.2) is 0 Å². The number of benzene rings is 1. The summed E-state index contributed by atoms with van der Waals surface area (Å²) in [6.07, 6.45) is 3.79. The Morgan fingerprint density at radius 3 is 2.76 bits per heavy atom. The van der Waals surface area contributed by atoms with E-state index in [0.29, 0.717) is 17.0 Å². The van der Waals surface area contributed by atoms with Crippen LogP contribution in [-0.2, 0) is 0 Å². The van der Waals surface area contributed by atoms with E-state index in [1.54, 1.807) is 0 Å². The fraction of sp³-hybridized carbons (Fsp3) is 0.500. The second kappa shape index (κ2) is 4.70. The molecule has 1 atom stereocenters. The highest BCUT2D eigenvalue weighted by Crippen LogP contribution is 2.40. The molecule has 1 N–H and O–H groups in total. The van der Waals surface area contributed by atoms with Crippen molar-refractivity contribution in [3.8, 4) is 6.07 Å². The lowest BCUT2D eigenvalue weighted by atomic mass is 9.87. The lowest BCUT2D eigenvalue weighted by Gasteiger charge is -2.29. The molecule has 0 radical (unpaired) electrons. The van der Waals surface area contributed by atoms with Gasteiger partial charge in [0.05, 0.1) is 11.6 Å². The third-order valence-corrected chi connectivity index (χ3v) is 4.34. The van der Waals surface area contributed by atoms with Crippen LogP contribution in [0.3, 0.4) is 0 Å². The van der Waals surface area contributed by atoms with E-state index in [0.717, 1.165) is 10.2 Å². The van der Waals surface area contributed by atoms with E-state index in [1.165, 1.54) is 19.3 Å². The van der Waals surface area contributed by atoms with Gasteiger partial charge in [-0.3, -0.25) is 0 Å². The summed E-state index contributed by atoms with van der Waals surface area (Å²) in [5.74, 6) is 0. The topological polar surface area (TPSA) is 35.8 Å². The summed E-state index contributed by atoms with van der Waals surface area (Å²) in [5, 5.41) is 12.4. The standard InChI is InChI=1S/C14H17BrN2/c1-14(2)7-3-4-13(14)17-12-6-5-10(9-16)8-11(12)15/h5-6,8,13,17H,3-4,7H2,1-2H3. The van der Waals surface area contributed by atoms with Gasteiger partial charge in [-0.15, -0.1) is 0 Å². The summed E-state index contributed by atoms with van der Waals surface area (Å²) in [6, 6.07) is 8.37. The second-order valence-corrected chi connectivity index (χ2v) is 6.24. The van der Waals surface area contributed by atoms with Gasteiger partial charge in [0, 0.05) is 16.2 Å². The maximum Gasteiger partial charge on any atom is 0.0992 e. The first kappa shape index (κ1) is 12.4. The van der Waals surface area contributed by atoms with Crippen LogP contribution in [0.4, 0.5) is 5.69 Å². The maximum absolute atomic E-state index is 8.83. The molecule has 0 spiro atoms. The fourth-order valence-electron chi connectivity index (χ4n) is 2.48. The highest BCUT2D eigenvalue weighted by atomic mass is 79.9. The van der Waals surface area contributed by atoms with Crippen LogP contribution in [0.25, 0.3) is 0 Å². The number of hydrogen-bond donors (Lipinski definition) is 1. The van der Waals surface area contributed by atoms with Crippen LogP contribution in [0.5, 0.6) is 0 Å². The van der Waals surface area contributed by atoms with Gasteiger partial charge in [-0.2, -0.15) is 5.26 Å². The van der Waals surface area contributed by atoms with Crippen molar-refractivity contribution in [2.75, 3.05) is 5.32 Å². The van der Waals surface area contributed by atoms with Crippen molar-refractivity contribution in [2.45, 2.75) is 39.2 Å². The summed E-state index contributed by atoms with van der Waals surface area (Å²) in [7, 11) is 0. The molecule has 1 unspecified atom stereocenters. The average molecular weight is 293 g/mol. The van der Waals surface area contributed by atoms with Crippen molar-refractivity contribution in [3.05, 3.63) is 28.2 Å². The Hall–Kier alpha value is -1.01. The van der Waals surface area contributed by atoms with Crippen LogP contribution >= 0.6 is 15.9 Å². The lowest BCUT2D eigenvalue weighted by molar-refractivity contribution is 0.350. The molecule has 0 saturated heterocycles. The molecule has 90 valence electrons. The van der Waals surface area contributed by atoms with Crippen molar-refractivity contribution in [1.29, 1.82) is 5.26 Å². The van der Waals surface area contributed by atoms with Gasteiger partial charge in [-0.05, 0) is 52.4 Å². The number of hydrogen-bond acceptors (Lipinski definition) is 2. The summed E-state index contributed by atoms with van der Waals surface area (Å²) < 4.78 is 0.972. The largest absolute Gasteiger partial charge is 0.381 e. The zero-order valence-corrected chi connectivity index (χ0v) is 11.8. The van der Waals surface area contributed by atoms with E-state index >= 15 is 0 Å². The smallest absolute Gasteiger partial charge is 0.0992 e. The normalized spacial score (nSPS) is 22.1. The monoisotopic (exact) mass is 292 g/mol. The molecule has 0 bridgehead atoms. The first-order chi connectivity index (χ1) is 8.03. The predicted octanol–water partition coefficient (Wildman–Crippen LogP) is 4.31. The molecule has 17 heavy (non-hydrogen) atoms. The van der Waals surface area contributed by atoms with Gasteiger partial charge in [-0.1, -0.05) is 20.3 Å². The molecule has 1 aromatic rings. The first-order valence-corrected chi connectivity index (χ1v) is 6.78. The lowest BCUT2D eigenvalue weighted by Crippen LogP contribution is -2.30. The molecule has 0 amide bonds. The average Bonchev–Trinajstić information content (AvgIpc) is 2.61. The number of rotatable bonds is 2. The Labute approximate surface area is 111 Å². The number of anilines is 1. The molecule has 1 aromatic carbocycles. The number of nitrogens with zero attached hydrogens (tertiary/aromatic N) is 1. The molecule has 0 aliphatic heterocycles. The third-order valence-electron chi connectivity index (χ3n) is 3.69. The molecule has 2 rings (SSSR count). The maximum atomic E-state index is 8.83. The summed E-state index contributed by atoms with van der Waals surface area (Å²) in [5.41, 5.74) is 2.13. The van der Waals surface area contributed by atoms with Gasteiger partial charge in [0.2, 0.25) is 0 Å². The van der Waals surface area contributed by atoms with Gasteiger partial charge in [-0.25, -0.2) is 0 Å². The van der Waals surface area contributed by atoms with Crippen molar-refractivity contribution >= 4 is 21.6 Å². The van der Waals surface area contributed by atoms with E-state index in [-0.39, 0.29) is 0 Å². The highest BCUT2D eigenvalue weighted by molar-refractivity contribution is 9.10. The number of nitriles is 1. The molecular weight excluding hydrogens is 276 g/mol. The van der Waals surface area contributed by atoms with Crippen molar-refractivity contribution in [3.63, 3.8) is 0 Å². The molecule has 1 fully saturated rings. The SMILES string of the molecule is CC1(C)CCCC1Nc1ccc(C#N)cc1Br. The Balaban J connectivity index is 2.17. The van der Waals surface area contributed by atoms with Crippen molar-refractivity contribution in [2.24, 2.45) is 5.41 Å². The summed E-state index contributed by atoms with van der Waals surface area (Å²) in [4.78, 5) is 0. The minimum atomic E-state index is 0.355. The first-order valence-electron chi connectivity index (χ1n) is 5.99. The molecule has 0 aromatic heterocycles. The molecule has 1 saturated carbocycles. The van der Waals surface area contributed by atoms with E-state index in [1.807, 2.05) is 18.2 Å². The van der Waals surface area contributed by atoms with Crippen LogP contribution in [0.1, 0.15) is 38.7 Å². The van der Waals surface area contributed by atoms with Gasteiger partial charge in [0.1, 0.15) is 0 Å². The van der Waals surface area contributed by atoms with Crippen molar-refractivity contribution < 1.29 is 0 Å². The minimum Gasteiger partial charge on any atom is -0.381 e. The van der Waals surface area contributed by atoms with Gasteiger partial charge < -0.3 is 5.32 Å². The summed E-state index contributed by atoms with van der Waals surface area (Å²) in [6.45, 7) is 4.63. The Morgan fingerprint density at radius 1 is 1.47 bits per heavy atom. The highest BCUT2D eigenvalue weighted by Gasteiger charge is 2.34. The number of nitrogens with one attached hydrogen (secondary N) is 1. The van der Waals surface area contributed by atoms with Crippen LogP contribution < -0.4 is 5.32 Å². The molecule has 2 nitrogen and oxygen atoms in total. The predicted molar refractivity (Wildman–Crippen MR) is 73.9 cm³/mol. The minimum absolute atomic E-state index is 0.355. The van der Waals surface area contributed by atoms with Crippen LogP contribution in [-0.4, -0.2) is 6.04 Å². The third kappa shape index (κ3) is 2.63. The van der Waals surface area contributed by atoms with E-state index in [9.17, 15) is 0 Å². The Morgan fingerprint density at radius 2 is 2.24 bits per heavy atom. The van der Waals surface area contributed by atoms with Crippen LogP contribution in [0.2, 0.25) is 0 Å². The van der Waals surface area contributed by atoms with E-state index in [4.69, 9.17) is 5.26 Å². The zero-order valence-electron chi connectivity index (χ0n) is 10.3. The number of halogens is 1. The van der Waals surface area contributed by atoms with E-state index in [2.05, 4.69) is 41.2 Å². The van der Waals surface area contributed by atoms with E-state index < -0.39 is 0 Å². The van der Waals surface area contributed by atoms with Crippen molar-refractivity contribution in [1.82, 2.24) is 0 Å². The zero-order chi connectivity index (χ0) is 12.5. The van der Waals surface area contributed by atoms with Gasteiger partial charge >= 0.3 is 0 Å². The van der Waals surface area contributed by atoms with Crippen LogP contribution in [0, 0.1) is 16.7 Å². The molecular formula is C14H17BrN2. The molecule has 1 aliphatic rings.